The summed E-state index contributed by atoms with van der Waals surface area (Å²) in [5.41, 5.74) is 0.928. The minimum atomic E-state index is -1.01. The average Bonchev–Trinajstić information content (AvgIpc) is 2.42. The Hall–Kier alpha value is -1.95. The van der Waals surface area contributed by atoms with Crippen molar-refractivity contribution in [3.63, 3.8) is 0 Å². The molecule has 2 rings (SSSR count). The summed E-state index contributed by atoms with van der Waals surface area (Å²) in [5, 5.41) is 9.95. The summed E-state index contributed by atoms with van der Waals surface area (Å²) in [6.45, 7) is 1.93. The molecule has 1 aliphatic rings. The van der Waals surface area contributed by atoms with Crippen molar-refractivity contribution in [3.8, 4) is 0 Å². The number of esters is 1. The fraction of sp³-hybridized carbons (Fsp3) is 0.533. The second-order valence-corrected chi connectivity index (χ2v) is 5.08. The Bertz CT molecular complexity index is 605. The van der Waals surface area contributed by atoms with Crippen molar-refractivity contribution in [2.75, 3.05) is 6.61 Å². The molecular formula is C15H19NO5. The van der Waals surface area contributed by atoms with E-state index < -0.39 is 12.1 Å². The van der Waals surface area contributed by atoms with Gasteiger partial charge in [0, 0.05) is 23.7 Å². The first-order valence-electron chi connectivity index (χ1n) is 7.12. The van der Waals surface area contributed by atoms with Gasteiger partial charge >= 0.3 is 5.97 Å². The zero-order chi connectivity index (χ0) is 15.4. The van der Waals surface area contributed by atoms with Gasteiger partial charge in [-0.15, -0.1) is 0 Å². The molecule has 0 amide bonds. The molecule has 1 unspecified atom stereocenters. The summed E-state index contributed by atoms with van der Waals surface area (Å²) >= 11 is 0. The third-order valence-electron chi connectivity index (χ3n) is 3.51. The van der Waals surface area contributed by atoms with Crippen molar-refractivity contribution in [2.45, 2.75) is 45.3 Å². The van der Waals surface area contributed by atoms with Crippen LogP contribution in [0.15, 0.2) is 16.9 Å². The molecule has 0 aliphatic heterocycles. The highest BCUT2D eigenvalue weighted by Gasteiger charge is 2.22. The lowest BCUT2D eigenvalue weighted by molar-refractivity contribution is -0.145. The van der Waals surface area contributed by atoms with Crippen molar-refractivity contribution in [1.29, 1.82) is 0 Å². The predicted molar refractivity (Wildman–Crippen MR) is 75.2 cm³/mol. The van der Waals surface area contributed by atoms with Crippen molar-refractivity contribution in [2.24, 2.45) is 0 Å². The van der Waals surface area contributed by atoms with Gasteiger partial charge in [-0.2, -0.15) is 0 Å². The van der Waals surface area contributed by atoms with Crippen LogP contribution in [0.25, 0.3) is 0 Å². The summed E-state index contributed by atoms with van der Waals surface area (Å²) in [4.78, 5) is 35.2. The lowest BCUT2D eigenvalue weighted by atomic mass is 9.94. The van der Waals surface area contributed by atoms with Crippen LogP contribution in [0.3, 0.4) is 0 Å². The van der Waals surface area contributed by atoms with Gasteiger partial charge in [0.05, 0.1) is 25.7 Å². The molecule has 6 heteroatoms. The first kappa shape index (κ1) is 15.4. The van der Waals surface area contributed by atoms with E-state index in [9.17, 15) is 19.5 Å². The lowest BCUT2D eigenvalue weighted by Gasteiger charge is -2.21. The predicted octanol–water partition coefficient (Wildman–Crippen LogP) is 0.681. The molecule has 0 saturated carbocycles. The number of aliphatic hydroxyl groups excluding tert-OH is 1. The molecule has 0 spiro atoms. The van der Waals surface area contributed by atoms with Gasteiger partial charge in [0.15, 0.2) is 5.78 Å². The zero-order valence-electron chi connectivity index (χ0n) is 12.0. The number of aliphatic hydroxyl groups is 1. The molecular weight excluding hydrogens is 274 g/mol. The van der Waals surface area contributed by atoms with Gasteiger partial charge in [-0.25, -0.2) is 0 Å². The smallest absolute Gasteiger partial charge is 0.308 e. The van der Waals surface area contributed by atoms with E-state index in [0.29, 0.717) is 30.5 Å². The van der Waals surface area contributed by atoms with Crippen LogP contribution in [0.4, 0.5) is 0 Å². The summed E-state index contributed by atoms with van der Waals surface area (Å²) in [6, 6.07) is 2.88. The maximum atomic E-state index is 12.0. The molecule has 0 aromatic carbocycles. The normalized spacial score (nSPS) is 15.4. The van der Waals surface area contributed by atoms with E-state index in [1.54, 1.807) is 13.0 Å². The number of hydrogen-bond donors (Lipinski definition) is 1. The monoisotopic (exact) mass is 293 g/mol. The summed E-state index contributed by atoms with van der Waals surface area (Å²) in [5.74, 6) is -0.483. The highest BCUT2D eigenvalue weighted by atomic mass is 16.5. The molecule has 1 heterocycles. The van der Waals surface area contributed by atoms with Gasteiger partial charge in [-0.1, -0.05) is 0 Å². The number of ketones is 1. The number of aromatic nitrogens is 1. The van der Waals surface area contributed by atoms with Gasteiger partial charge < -0.3 is 14.4 Å². The number of fused-ring (bicyclic) bond motifs is 1. The SMILES string of the molecule is CCOC(=O)CC(O)Cn1c2c(ccc1=O)C(=O)CCC2. The molecule has 6 nitrogen and oxygen atoms in total. The number of carbonyl (C=O) groups is 2. The summed E-state index contributed by atoms with van der Waals surface area (Å²) in [6.07, 6.45) is 0.631. The van der Waals surface area contributed by atoms with Crippen LogP contribution in [-0.4, -0.2) is 34.1 Å². The average molecular weight is 293 g/mol. The number of Topliss-reactive ketones (excluding diaryl/α,β-unsaturated/α-hetero) is 1. The molecule has 1 aromatic heterocycles. The largest absolute Gasteiger partial charge is 0.466 e. The molecule has 114 valence electrons. The zero-order valence-corrected chi connectivity index (χ0v) is 12.0. The van der Waals surface area contributed by atoms with E-state index in [1.165, 1.54) is 10.6 Å². The van der Waals surface area contributed by atoms with E-state index in [2.05, 4.69) is 0 Å². The maximum Gasteiger partial charge on any atom is 0.308 e. The van der Waals surface area contributed by atoms with Gasteiger partial charge in [-0.3, -0.25) is 14.4 Å². The van der Waals surface area contributed by atoms with Gasteiger partial charge in [0.2, 0.25) is 0 Å². The van der Waals surface area contributed by atoms with E-state index >= 15 is 0 Å². The fourth-order valence-electron chi connectivity index (χ4n) is 2.58. The molecule has 1 atom stereocenters. The summed E-state index contributed by atoms with van der Waals surface area (Å²) < 4.78 is 6.17. The van der Waals surface area contributed by atoms with Crippen LogP contribution < -0.4 is 5.56 Å². The van der Waals surface area contributed by atoms with Crippen molar-refractivity contribution in [3.05, 3.63) is 33.7 Å². The van der Waals surface area contributed by atoms with Gasteiger partial charge in [0.1, 0.15) is 0 Å². The minimum Gasteiger partial charge on any atom is -0.466 e. The molecule has 21 heavy (non-hydrogen) atoms. The third kappa shape index (κ3) is 3.58. The van der Waals surface area contributed by atoms with Crippen LogP contribution in [0.2, 0.25) is 0 Å². The second-order valence-electron chi connectivity index (χ2n) is 5.08. The third-order valence-corrected chi connectivity index (χ3v) is 3.51. The van der Waals surface area contributed by atoms with Gasteiger partial charge in [0.25, 0.3) is 5.56 Å². The Labute approximate surface area is 122 Å². The van der Waals surface area contributed by atoms with Crippen molar-refractivity contribution >= 4 is 11.8 Å². The van der Waals surface area contributed by atoms with E-state index in [4.69, 9.17) is 4.74 Å². The quantitative estimate of drug-likeness (QED) is 0.807. The number of hydrogen-bond acceptors (Lipinski definition) is 5. The lowest BCUT2D eigenvalue weighted by Crippen LogP contribution is -2.33. The maximum absolute atomic E-state index is 12.0. The van der Waals surface area contributed by atoms with Crippen LogP contribution in [0.1, 0.15) is 42.2 Å². The molecule has 0 bridgehead atoms. The van der Waals surface area contributed by atoms with Gasteiger partial charge in [-0.05, 0) is 25.8 Å². The van der Waals surface area contributed by atoms with Crippen LogP contribution >= 0.6 is 0 Å². The summed E-state index contributed by atoms with van der Waals surface area (Å²) in [7, 11) is 0. The molecule has 0 fully saturated rings. The highest BCUT2D eigenvalue weighted by Crippen LogP contribution is 2.20. The number of carbonyl (C=O) groups excluding carboxylic acids is 2. The Balaban J connectivity index is 2.20. The van der Waals surface area contributed by atoms with E-state index in [1.807, 2.05) is 0 Å². The van der Waals surface area contributed by atoms with Crippen molar-refractivity contribution < 1.29 is 19.4 Å². The minimum absolute atomic E-state index is 0.00585. The second kappa shape index (κ2) is 6.67. The molecule has 1 aliphatic carbocycles. The van der Waals surface area contributed by atoms with E-state index in [-0.39, 0.29) is 30.9 Å². The van der Waals surface area contributed by atoms with E-state index in [0.717, 1.165) is 0 Å². The number of ether oxygens (including phenoxy) is 1. The first-order valence-corrected chi connectivity index (χ1v) is 7.12. The fourth-order valence-corrected chi connectivity index (χ4v) is 2.58. The highest BCUT2D eigenvalue weighted by molar-refractivity contribution is 5.97. The molecule has 1 N–H and O–H groups in total. The van der Waals surface area contributed by atoms with Crippen LogP contribution in [0, 0.1) is 0 Å². The van der Waals surface area contributed by atoms with Crippen LogP contribution in [-0.2, 0) is 22.5 Å². The number of rotatable bonds is 5. The first-order chi connectivity index (χ1) is 10.0. The Kier molecular flexibility index (Phi) is 4.90. The Morgan fingerprint density at radius 3 is 2.86 bits per heavy atom. The Morgan fingerprint density at radius 2 is 2.14 bits per heavy atom. The van der Waals surface area contributed by atoms with Crippen LogP contribution in [0.5, 0.6) is 0 Å². The molecule has 0 saturated heterocycles. The number of pyridine rings is 1. The van der Waals surface area contributed by atoms with Crippen molar-refractivity contribution in [1.82, 2.24) is 4.57 Å². The molecule has 1 aromatic rings. The Morgan fingerprint density at radius 1 is 1.38 bits per heavy atom. The topological polar surface area (TPSA) is 85.6 Å². The standard InChI is InChI=1S/C15H19NO5/c1-2-21-15(20)8-10(17)9-16-12-4-3-5-13(18)11(12)6-7-14(16)19/h6-7,10,17H,2-5,8-9H2,1H3. The molecule has 0 radical (unpaired) electrons. The number of nitrogens with zero attached hydrogens (tertiary/aromatic N) is 1.